The fourth-order valence-electron chi connectivity index (χ4n) is 2.08. The van der Waals surface area contributed by atoms with E-state index in [4.69, 9.17) is 4.42 Å². The molecule has 0 unspecified atom stereocenters. The molecule has 23 heavy (non-hydrogen) atoms. The third-order valence-electron chi connectivity index (χ3n) is 3.17. The van der Waals surface area contributed by atoms with E-state index in [1.165, 1.54) is 6.26 Å². The summed E-state index contributed by atoms with van der Waals surface area (Å²) in [6, 6.07) is 0. The molecule has 0 aliphatic heterocycles. The molecule has 0 aromatic carbocycles. The van der Waals surface area contributed by atoms with Gasteiger partial charge >= 0.3 is 0 Å². The Morgan fingerprint density at radius 2 is 1.83 bits per heavy atom. The third-order valence-corrected chi connectivity index (χ3v) is 3.17. The smallest absolute Gasteiger partial charge is 0.273 e. The Hall–Kier alpha value is -1.85. The Balaban J connectivity index is 2.74. The zero-order chi connectivity index (χ0) is 17.6. The minimum absolute atomic E-state index is 0.0581. The molecule has 0 atom stereocenters. The quantitative estimate of drug-likeness (QED) is 0.798. The molecule has 1 heterocycles. The first-order chi connectivity index (χ1) is 10.7. The van der Waals surface area contributed by atoms with E-state index in [0.717, 1.165) is 0 Å². The molecule has 0 fully saturated rings. The van der Waals surface area contributed by atoms with Gasteiger partial charge in [0.05, 0.1) is 6.54 Å². The van der Waals surface area contributed by atoms with Gasteiger partial charge in [-0.3, -0.25) is 9.59 Å². The van der Waals surface area contributed by atoms with Crippen molar-refractivity contribution in [3.05, 3.63) is 17.8 Å². The van der Waals surface area contributed by atoms with Crippen molar-refractivity contribution in [3.63, 3.8) is 0 Å². The van der Waals surface area contributed by atoms with Gasteiger partial charge < -0.3 is 14.6 Å². The SMILES string of the molecule is CC(C)CNC(=O)c1coc(CN(CC(C)C)C(=O)C(C)C)n1. The fraction of sp³-hybridized carbons (Fsp3) is 0.706. The van der Waals surface area contributed by atoms with Crippen molar-refractivity contribution in [1.82, 2.24) is 15.2 Å². The predicted octanol–water partition coefficient (Wildman–Crippen LogP) is 2.70. The van der Waals surface area contributed by atoms with Crippen LogP contribution in [0.2, 0.25) is 0 Å². The summed E-state index contributed by atoms with van der Waals surface area (Å²) in [7, 11) is 0. The lowest BCUT2D eigenvalue weighted by atomic mass is 10.1. The van der Waals surface area contributed by atoms with Gasteiger partial charge in [-0.15, -0.1) is 0 Å². The van der Waals surface area contributed by atoms with Crippen LogP contribution < -0.4 is 5.32 Å². The van der Waals surface area contributed by atoms with Gasteiger partial charge in [-0.2, -0.15) is 0 Å². The Morgan fingerprint density at radius 3 is 2.35 bits per heavy atom. The molecule has 0 spiro atoms. The maximum absolute atomic E-state index is 12.3. The van der Waals surface area contributed by atoms with Crippen LogP contribution in [-0.2, 0) is 11.3 Å². The molecule has 1 aromatic rings. The van der Waals surface area contributed by atoms with Crippen molar-refractivity contribution >= 4 is 11.8 Å². The van der Waals surface area contributed by atoms with Crippen LogP contribution in [0.25, 0.3) is 0 Å². The lowest BCUT2D eigenvalue weighted by Gasteiger charge is -2.24. The number of hydrogen-bond donors (Lipinski definition) is 1. The second-order valence-electron chi connectivity index (χ2n) is 7.00. The molecule has 0 saturated heterocycles. The first-order valence-corrected chi connectivity index (χ1v) is 8.22. The van der Waals surface area contributed by atoms with E-state index in [9.17, 15) is 9.59 Å². The van der Waals surface area contributed by atoms with Crippen LogP contribution >= 0.6 is 0 Å². The molecule has 0 bridgehead atoms. The van der Waals surface area contributed by atoms with Gasteiger partial charge in [0.25, 0.3) is 5.91 Å². The first-order valence-electron chi connectivity index (χ1n) is 8.22. The van der Waals surface area contributed by atoms with Gasteiger partial charge in [-0.1, -0.05) is 41.5 Å². The summed E-state index contributed by atoms with van der Waals surface area (Å²) in [4.78, 5) is 30.2. The molecule has 130 valence electrons. The molecular weight excluding hydrogens is 294 g/mol. The number of nitrogens with one attached hydrogen (secondary N) is 1. The van der Waals surface area contributed by atoms with Crippen molar-refractivity contribution in [2.75, 3.05) is 13.1 Å². The summed E-state index contributed by atoms with van der Waals surface area (Å²) >= 11 is 0. The number of nitrogens with zero attached hydrogens (tertiary/aromatic N) is 2. The van der Waals surface area contributed by atoms with Crippen LogP contribution in [0.15, 0.2) is 10.7 Å². The summed E-state index contributed by atoms with van der Waals surface area (Å²) in [6.07, 6.45) is 1.35. The molecule has 0 saturated carbocycles. The summed E-state index contributed by atoms with van der Waals surface area (Å²) in [5.74, 6) is 0.825. The predicted molar refractivity (Wildman–Crippen MR) is 88.8 cm³/mol. The molecule has 1 N–H and O–H groups in total. The zero-order valence-corrected chi connectivity index (χ0v) is 15.0. The second kappa shape index (κ2) is 8.70. The minimum Gasteiger partial charge on any atom is -0.446 e. The molecule has 1 rings (SSSR count). The van der Waals surface area contributed by atoms with Crippen LogP contribution in [-0.4, -0.2) is 34.8 Å². The average Bonchev–Trinajstić information content (AvgIpc) is 2.91. The summed E-state index contributed by atoms with van der Waals surface area (Å²) in [5, 5.41) is 2.80. The molecule has 0 radical (unpaired) electrons. The van der Waals surface area contributed by atoms with Crippen molar-refractivity contribution in [2.24, 2.45) is 17.8 Å². The maximum atomic E-state index is 12.3. The third kappa shape index (κ3) is 6.42. The lowest BCUT2D eigenvalue weighted by Crippen LogP contribution is -2.36. The van der Waals surface area contributed by atoms with Crippen LogP contribution in [0.1, 0.15) is 57.9 Å². The highest BCUT2D eigenvalue weighted by atomic mass is 16.3. The fourth-order valence-corrected chi connectivity index (χ4v) is 2.08. The second-order valence-corrected chi connectivity index (χ2v) is 7.00. The summed E-state index contributed by atoms with van der Waals surface area (Å²) in [5.41, 5.74) is 0.252. The van der Waals surface area contributed by atoms with Crippen LogP contribution in [0, 0.1) is 17.8 Å². The van der Waals surface area contributed by atoms with Gasteiger partial charge in [0, 0.05) is 19.0 Å². The van der Waals surface area contributed by atoms with E-state index < -0.39 is 0 Å². The molecule has 0 aliphatic carbocycles. The van der Waals surface area contributed by atoms with E-state index in [-0.39, 0.29) is 30.0 Å². The Morgan fingerprint density at radius 1 is 1.17 bits per heavy atom. The van der Waals surface area contributed by atoms with Crippen molar-refractivity contribution < 1.29 is 14.0 Å². The highest BCUT2D eigenvalue weighted by Crippen LogP contribution is 2.12. The number of amides is 2. The van der Waals surface area contributed by atoms with E-state index in [1.807, 2.05) is 27.7 Å². The van der Waals surface area contributed by atoms with Crippen molar-refractivity contribution in [1.29, 1.82) is 0 Å². The Labute approximate surface area is 138 Å². The molecule has 6 nitrogen and oxygen atoms in total. The highest BCUT2D eigenvalue weighted by molar-refractivity contribution is 5.91. The van der Waals surface area contributed by atoms with Crippen molar-refractivity contribution in [3.8, 4) is 0 Å². The van der Waals surface area contributed by atoms with Gasteiger partial charge in [-0.05, 0) is 11.8 Å². The first kappa shape index (κ1) is 19.2. The Bertz CT molecular complexity index is 521. The average molecular weight is 323 g/mol. The standard InChI is InChI=1S/C17H29N3O3/c1-11(2)7-18-16(21)14-10-23-15(19-14)9-20(8-12(3)4)17(22)13(5)6/h10-13H,7-9H2,1-6H3,(H,18,21). The summed E-state index contributed by atoms with van der Waals surface area (Å²) < 4.78 is 5.37. The van der Waals surface area contributed by atoms with E-state index >= 15 is 0 Å². The van der Waals surface area contributed by atoms with E-state index in [0.29, 0.717) is 30.8 Å². The minimum atomic E-state index is -0.251. The number of carbonyl (C=O) groups is 2. The topological polar surface area (TPSA) is 75.4 Å². The number of hydrogen-bond acceptors (Lipinski definition) is 4. The largest absolute Gasteiger partial charge is 0.446 e. The Kier molecular flexibility index (Phi) is 7.26. The normalized spacial score (nSPS) is 11.3. The number of carbonyl (C=O) groups excluding carboxylic acids is 2. The monoisotopic (exact) mass is 323 g/mol. The highest BCUT2D eigenvalue weighted by Gasteiger charge is 2.21. The van der Waals surface area contributed by atoms with E-state index in [1.54, 1.807) is 4.90 Å². The molecule has 1 aromatic heterocycles. The van der Waals surface area contributed by atoms with Crippen LogP contribution in [0.4, 0.5) is 0 Å². The molecule has 2 amide bonds. The number of rotatable bonds is 8. The molecular formula is C17H29N3O3. The molecule has 6 heteroatoms. The van der Waals surface area contributed by atoms with Crippen LogP contribution in [0.3, 0.4) is 0 Å². The van der Waals surface area contributed by atoms with Gasteiger partial charge in [0.15, 0.2) is 5.69 Å². The van der Waals surface area contributed by atoms with Gasteiger partial charge in [0.1, 0.15) is 6.26 Å². The van der Waals surface area contributed by atoms with Gasteiger partial charge in [0.2, 0.25) is 11.8 Å². The number of aromatic nitrogens is 1. The van der Waals surface area contributed by atoms with Gasteiger partial charge in [-0.25, -0.2) is 4.98 Å². The lowest BCUT2D eigenvalue weighted by molar-refractivity contribution is -0.136. The molecule has 0 aliphatic rings. The van der Waals surface area contributed by atoms with Crippen LogP contribution in [0.5, 0.6) is 0 Å². The maximum Gasteiger partial charge on any atom is 0.273 e. The van der Waals surface area contributed by atoms with Crippen molar-refractivity contribution in [2.45, 2.75) is 48.1 Å². The number of oxazole rings is 1. The zero-order valence-electron chi connectivity index (χ0n) is 15.0. The summed E-state index contributed by atoms with van der Waals surface area (Å²) in [6.45, 7) is 13.4. The van der Waals surface area contributed by atoms with E-state index in [2.05, 4.69) is 24.1 Å².